The van der Waals surface area contributed by atoms with Crippen molar-refractivity contribution in [2.75, 3.05) is 18.1 Å². The zero-order valence-corrected chi connectivity index (χ0v) is 12.6. The van der Waals surface area contributed by atoms with Gasteiger partial charge in [-0.2, -0.15) is 0 Å². The molecule has 2 rings (SSSR count). The molecule has 6 nitrogen and oxygen atoms in total. The Labute approximate surface area is 123 Å². The van der Waals surface area contributed by atoms with Gasteiger partial charge >= 0.3 is 5.97 Å². The number of nitrogens with zero attached hydrogens (tertiary/aromatic N) is 1. The summed E-state index contributed by atoms with van der Waals surface area (Å²) < 4.78 is 23.5. The van der Waals surface area contributed by atoms with Crippen LogP contribution in [0.15, 0.2) is 24.3 Å². The Hall–Kier alpha value is -1.60. The molecule has 1 aromatic carbocycles. The second kappa shape index (κ2) is 6.03. The van der Waals surface area contributed by atoms with E-state index in [1.54, 1.807) is 24.3 Å². The first kappa shape index (κ1) is 15.8. The highest BCUT2D eigenvalue weighted by atomic mass is 32.2. The number of phenols is 1. The van der Waals surface area contributed by atoms with E-state index in [2.05, 4.69) is 0 Å². The zero-order chi connectivity index (χ0) is 15.6. The number of benzene rings is 1. The van der Waals surface area contributed by atoms with Crippen molar-refractivity contribution >= 4 is 15.8 Å². The van der Waals surface area contributed by atoms with Gasteiger partial charge in [0.1, 0.15) is 5.75 Å². The quantitative estimate of drug-likeness (QED) is 0.862. The monoisotopic (exact) mass is 313 g/mol. The average Bonchev–Trinajstić information content (AvgIpc) is 2.37. The number of carbonyl (C=O) groups is 1. The van der Waals surface area contributed by atoms with E-state index in [4.69, 9.17) is 5.11 Å². The van der Waals surface area contributed by atoms with Crippen LogP contribution in [0.1, 0.15) is 24.9 Å². The van der Waals surface area contributed by atoms with Crippen molar-refractivity contribution in [2.45, 2.75) is 25.4 Å². The molecule has 2 unspecified atom stereocenters. The van der Waals surface area contributed by atoms with E-state index in [1.165, 1.54) is 0 Å². The van der Waals surface area contributed by atoms with Crippen LogP contribution in [-0.2, 0) is 14.6 Å². The van der Waals surface area contributed by atoms with E-state index in [0.29, 0.717) is 6.54 Å². The second-order valence-corrected chi connectivity index (χ2v) is 7.60. The van der Waals surface area contributed by atoms with E-state index in [-0.39, 0.29) is 29.7 Å². The first-order valence-corrected chi connectivity index (χ1v) is 8.57. The molecule has 21 heavy (non-hydrogen) atoms. The maximum Gasteiger partial charge on any atom is 0.304 e. The van der Waals surface area contributed by atoms with Gasteiger partial charge in [-0.25, -0.2) is 8.42 Å². The van der Waals surface area contributed by atoms with Gasteiger partial charge in [0, 0.05) is 18.6 Å². The number of hydrogen-bond acceptors (Lipinski definition) is 5. The Morgan fingerprint density at radius 2 is 2.00 bits per heavy atom. The van der Waals surface area contributed by atoms with Crippen LogP contribution in [0, 0.1) is 0 Å². The number of rotatable bonds is 4. The highest BCUT2D eigenvalue weighted by molar-refractivity contribution is 7.91. The van der Waals surface area contributed by atoms with E-state index >= 15 is 0 Å². The van der Waals surface area contributed by atoms with Crippen LogP contribution in [0.25, 0.3) is 0 Å². The van der Waals surface area contributed by atoms with Gasteiger partial charge in [-0.1, -0.05) is 12.1 Å². The Bertz CT molecular complexity index is 611. The van der Waals surface area contributed by atoms with Crippen molar-refractivity contribution in [3.63, 3.8) is 0 Å². The predicted molar refractivity (Wildman–Crippen MR) is 77.9 cm³/mol. The molecule has 0 spiro atoms. The summed E-state index contributed by atoms with van der Waals surface area (Å²) in [6.07, 6.45) is -0.193. The van der Waals surface area contributed by atoms with Gasteiger partial charge in [0.2, 0.25) is 0 Å². The van der Waals surface area contributed by atoms with Crippen LogP contribution >= 0.6 is 0 Å². The summed E-state index contributed by atoms with van der Waals surface area (Å²) in [5, 5.41) is 18.3. The fourth-order valence-electron chi connectivity index (χ4n) is 2.73. The Kier molecular flexibility index (Phi) is 4.53. The van der Waals surface area contributed by atoms with Crippen molar-refractivity contribution in [1.29, 1.82) is 0 Å². The molecule has 0 aliphatic carbocycles. The molecule has 1 saturated heterocycles. The van der Waals surface area contributed by atoms with E-state index in [9.17, 15) is 18.3 Å². The number of carboxylic acids is 1. The number of hydrogen-bond donors (Lipinski definition) is 2. The molecule has 1 aliphatic heterocycles. The van der Waals surface area contributed by atoms with Crippen molar-refractivity contribution in [3.8, 4) is 5.75 Å². The number of carboxylic acid groups (broad SMARTS) is 1. The van der Waals surface area contributed by atoms with Crippen molar-refractivity contribution < 1.29 is 23.4 Å². The largest absolute Gasteiger partial charge is 0.508 e. The molecule has 116 valence electrons. The van der Waals surface area contributed by atoms with E-state index in [1.807, 2.05) is 11.8 Å². The summed E-state index contributed by atoms with van der Waals surface area (Å²) in [6.45, 7) is 2.24. The molecular weight excluding hydrogens is 294 g/mol. The molecule has 7 heteroatoms. The van der Waals surface area contributed by atoms with Crippen LogP contribution in [0.4, 0.5) is 0 Å². The minimum Gasteiger partial charge on any atom is -0.508 e. The summed E-state index contributed by atoms with van der Waals surface area (Å²) in [5.74, 6) is -0.915. The van der Waals surface area contributed by atoms with Gasteiger partial charge in [0.05, 0.1) is 17.9 Å². The van der Waals surface area contributed by atoms with Gasteiger partial charge in [-0.15, -0.1) is 0 Å². The van der Waals surface area contributed by atoms with Crippen LogP contribution in [0.2, 0.25) is 0 Å². The maximum atomic E-state index is 11.7. The fourth-order valence-corrected chi connectivity index (χ4v) is 4.28. The average molecular weight is 313 g/mol. The molecule has 0 aromatic heterocycles. The molecule has 1 fully saturated rings. The lowest BCUT2D eigenvalue weighted by molar-refractivity contribution is -0.138. The number of aromatic hydroxyl groups is 1. The lowest BCUT2D eigenvalue weighted by Crippen LogP contribution is -2.50. The smallest absolute Gasteiger partial charge is 0.304 e. The molecule has 0 bridgehead atoms. The van der Waals surface area contributed by atoms with Crippen LogP contribution < -0.4 is 0 Å². The van der Waals surface area contributed by atoms with Gasteiger partial charge in [-0.05, 0) is 24.6 Å². The second-order valence-electron chi connectivity index (χ2n) is 5.37. The summed E-state index contributed by atoms with van der Waals surface area (Å²) in [6, 6.07) is 6.04. The minimum absolute atomic E-state index is 0.0472. The molecule has 0 saturated carbocycles. The maximum absolute atomic E-state index is 11.7. The summed E-state index contributed by atoms with van der Waals surface area (Å²) in [4.78, 5) is 12.9. The number of phenolic OH excluding ortho intramolecular Hbond substituents is 1. The van der Waals surface area contributed by atoms with Gasteiger partial charge in [0.25, 0.3) is 0 Å². The van der Waals surface area contributed by atoms with Crippen molar-refractivity contribution in [3.05, 3.63) is 29.8 Å². The standard InChI is InChI=1S/C14H19NO5S/c1-10(11-2-4-13(16)5-3-11)15-6-7-21(19,20)9-12(15)8-14(17)18/h2-5,10,12,16H,6-9H2,1H3,(H,17,18). The summed E-state index contributed by atoms with van der Waals surface area (Å²) in [7, 11) is -3.18. The zero-order valence-electron chi connectivity index (χ0n) is 11.8. The third-order valence-corrected chi connectivity index (χ3v) is 5.56. The fraction of sp³-hybridized carbons (Fsp3) is 0.500. The molecule has 1 aliphatic rings. The Balaban J connectivity index is 2.22. The molecule has 1 aromatic rings. The molecule has 2 atom stereocenters. The Morgan fingerprint density at radius 3 is 2.57 bits per heavy atom. The van der Waals surface area contributed by atoms with E-state index < -0.39 is 21.8 Å². The topological polar surface area (TPSA) is 94.9 Å². The third kappa shape index (κ3) is 3.95. The normalized spacial score (nSPS) is 23.6. The number of aliphatic carboxylic acids is 1. The number of sulfone groups is 1. The highest BCUT2D eigenvalue weighted by Gasteiger charge is 2.35. The summed E-state index contributed by atoms with van der Waals surface area (Å²) in [5.41, 5.74) is 0.919. The van der Waals surface area contributed by atoms with Crippen LogP contribution in [0.5, 0.6) is 5.75 Å². The lowest BCUT2D eigenvalue weighted by atomic mass is 10.0. The van der Waals surface area contributed by atoms with Gasteiger partial charge < -0.3 is 10.2 Å². The van der Waals surface area contributed by atoms with Crippen molar-refractivity contribution in [1.82, 2.24) is 4.90 Å². The molecular formula is C14H19NO5S. The predicted octanol–water partition coefficient (Wildman–Crippen LogP) is 1.03. The molecule has 0 amide bonds. The summed E-state index contributed by atoms with van der Waals surface area (Å²) >= 11 is 0. The first-order valence-electron chi connectivity index (χ1n) is 6.75. The van der Waals surface area contributed by atoms with Gasteiger partial charge in [0.15, 0.2) is 9.84 Å². The Morgan fingerprint density at radius 1 is 1.38 bits per heavy atom. The molecule has 2 N–H and O–H groups in total. The van der Waals surface area contributed by atoms with Crippen LogP contribution in [0.3, 0.4) is 0 Å². The van der Waals surface area contributed by atoms with E-state index in [0.717, 1.165) is 5.56 Å². The lowest BCUT2D eigenvalue weighted by Gasteiger charge is -2.39. The third-order valence-electron chi connectivity index (χ3n) is 3.86. The molecule has 0 radical (unpaired) electrons. The molecule has 1 heterocycles. The van der Waals surface area contributed by atoms with Crippen molar-refractivity contribution in [2.24, 2.45) is 0 Å². The first-order chi connectivity index (χ1) is 9.78. The minimum atomic E-state index is -3.18. The SMILES string of the molecule is CC(c1ccc(O)cc1)N1CCS(=O)(=O)CC1CC(=O)O. The van der Waals surface area contributed by atoms with Gasteiger partial charge in [-0.3, -0.25) is 9.69 Å². The highest BCUT2D eigenvalue weighted by Crippen LogP contribution is 2.28. The van der Waals surface area contributed by atoms with Crippen LogP contribution in [-0.4, -0.2) is 53.6 Å².